The number of carbonyl (C=O) groups excluding carboxylic acids is 1. The number of hydrogen-bond acceptors (Lipinski definition) is 6. The topological polar surface area (TPSA) is 79.3 Å². The number of phenolic OH excluding ortho intramolecular Hbond substituents is 2. The number of amides is 1. The molecule has 147 valence electrons. The van der Waals surface area contributed by atoms with Crippen LogP contribution in [0.5, 0.6) is 11.5 Å². The maximum Gasteiger partial charge on any atom is 0.254 e. The number of nitrogens with one attached hydrogen (secondary N) is 1. The van der Waals surface area contributed by atoms with E-state index in [1.165, 1.54) is 6.07 Å². The number of rotatable bonds is 3. The highest BCUT2D eigenvalue weighted by Crippen LogP contribution is 2.44. The third-order valence-corrected chi connectivity index (χ3v) is 5.46. The van der Waals surface area contributed by atoms with E-state index < -0.39 is 0 Å². The molecule has 28 heavy (non-hydrogen) atoms. The van der Waals surface area contributed by atoms with Crippen molar-refractivity contribution in [3.8, 4) is 11.5 Å². The third kappa shape index (κ3) is 3.22. The summed E-state index contributed by atoms with van der Waals surface area (Å²) >= 11 is 0. The maximum atomic E-state index is 12.8. The number of aromatic hydroxyl groups is 2. The van der Waals surface area contributed by atoms with E-state index in [9.17, 15) is 15.0 Å². The first-order chi connectivity index (χ1) is 13.5. The molecule has 1 saturated heterocycles. The van der Waals surface area contributed by atoms with Crippen molar-refractivity contribution in [2.45, 2.75) is 13.3 Å². The SMILES string of the molecule is CCc1cc(N2[CH]Nc3cc(C(=O)N4CCN(C)CC4)ccc32)c(O)cc1O. The molecule has 7 nitrogen and oxygen atoms in total. The van der Waals surface area contributed by atoms with Gasteiger partial charge in [0.15, 0.2) is 0 Å². The number of hydrogen-bond donors (Lipinski definition) is 3. The number of aryl methyl sites for hydroxylation is 1. The number of piperazine rings is 1. The molecule has 0 aliphatic carbocycles. The lowest BCUT2D eigenvalue weighted by molar-refractivity contribution is 0.0664. The summed E-state index contributed by atoms with van der Waals surface area (Å²) in [7, 11) is 2.06. The molecule has 0 saturated carbocycles. The fourth-order valence-electron chi connectivity index (χ4n) is 3.68. The first-order valence-electron chi connectivity index (χ1n) is 9.53. The number of phenols is 2. The highest BCUT2D eigenvalue weighted by Gasteiger charge is 2.26. The molecule has 1 radical (unpaired) electrons. The van der Waals surface area contributed by atoms with Gasteiger partial charge in [-0.1, -0.05) is 6.92 Å². The van der Waals surface area contributed by atoms with Crippen molar-refractivity contribution < 1.29 is 15.0 Å². The van der Waals surface area contributed by atoms with E-state index in [-0.39, 0.29) is 17.4 Å². The number of nitrogens with zero attached hydrogens (tertiary/aromatic N) is 3. The van der Waals surface area contributed by atoms with E-state index in [0.29, 0.717) is 17.7 Å². The Labute approximate surface area is 164 Å². The molecule has 2 aliphatic heterocycles. The van der Waals surface area contributed by atoms with Gasteiger partial charge in [-0.2, -0.15) is 0 Å². The second kappa shape index (κ2) is 7.24. The van der Waals surface area contributed by atoms with Gasteiger partial charge in [-0.3, -0.25) is 4.79 Å². The van der Waals surface area contributed by atoms with E-state index in [4.69, 9.17) is 0 Å². The Morgan fingerprint density at radius 1 is 1.04 bits per heavy atom. The lowest BCUT2D eigenvalue weighted by Crippen LogP contribution is -2.47. The standard InChI is InChI=1S/C21H25N4O3/c1-3-14-11-18(20(27)12-19(14)26)25-13-22-16-10-15(4-5-17(16)25)21(28)24-8-6-23(2)7-9-24/h4-5,10-13,22,26-27H,3,6-9H2,1-2H3. The summed E-state index contributed by atoms with van der Waals surface area (Å²) in [5.74, 6) is 0.124. The zero-order valence-electron chi connectivity index (χ0n) is 16.1. The largest absolute Gasteiger partial charge is 0.508 e. The van der Waals surface area contributed by atoms with Gasteiger partial charge in [0.05, 0.1) is 17.1 Å². The maximum absolute atomic E-state index is 12.8. The summed E-state index contributed by atoms with van der Waals surface area (Å²) in [6.07, 6.45) is 0.658. The number of likely N-dealkylation sites (N-methyl/N-ethyl adjacent to an activating group) is 1. The molecule has 2 aromatic carbocycles. The first-order valence-corrected chi connectivity index (χ1v) is 9.53. The van der Waals surface area contributed by atoms with Crippen LogP contribution < -0.4 is 10.2 Å². The van der Waals surface area contributed by atoms with Crippen LogP contribution in [0.1, 0.15) is 22.8 Å². The molecule has 4 rings (SSSR count). The third-order valence-electron chi connectivity index (χ3n) is 5.46. The van der Waals surface area contributed by atoms with Crippen molar-refractivity contribution >= 4 is 23.0 Å². The Morgan fingerprint density at radius 3 is 2.50 bits per heavy atom. The van der Waals surface area contributed by atoms with Crippen molar-refractivity contribution in [1.82, 2.24) is 9.80 Å². The van der Waals surface area contributed by atoms with E-state index in [1.54, 1.807) is 12.7 Å². The number of carbonyl (C=O) groups is 1. The average Bonchev–Trinajstić information content (AvgIpc) is 3.11. The van der Waals surface area contributed by atoms with Crippen molar-refractivity contribution in [3.63, 3.8) is 0 Å². The molecule has 0 unspecified atom stereocenters. The minimum Gasteiger partial charge on any atom is -0.508 e. The molecule has 1 fully saturated rings. The molecule has 2 heterocycles. The van der Waals surface area contributed by atoms with Gasteiger partial charge in [0, 0.05) is 37.8 Å². The van der Waals surface area contributed by atoms with Crippen LogP contribution in [0.15, 0.2) is 30.3 Å². The molecular weight excluding hydrogens is 356 g/mol. The van der Waals surface area contributed by atoms with Crippen LogP contribution in [-0.4, -0.2) is 59.1 Å². The highest BCUT2D eigenvalue weighted by atomic mass is 16.3. The fourth-order valence-corrected chi connectivity index (χ4v) is 3.68. The summed E-state index contributed by atoms with van der Waals surface area (Å²) < 4.78 is 0. The Kier molecular flexibility index (Phi) is 4.77. The van der Waals surface area contributed by atoms with Crippen LogP contribution in [0.2, 0.25) is 0 Å². The highest BCUT2D eigenvalue weighted by molar-refractivity contribution is 5.98. The summed E-state index contributed by atoms with van der Waals surface area (Å²) in [6, 6.07) is 8.70. The second-order valence-corrected chi connectivity index (χ2v) is 7.29. The molecule has 2 aliphatic rings. The van der Waals surface area contributed by atoms with Gasteiger partial charge in [-0.05, 0) is 43.3 Å². The Balaban J connectivity index is 1.60. The molecule has 3 N–H and O–H groups in total. The molecule has 0 aromatic heterocycles. The lowest BCUT2D eigenvalue weighted by atomic mass is 10.1. The fraction of sp³-hybridized carbons (Fsp3) is 0.333. The molecule has 0 spiro atoms. The Morgan fingerprint density at radius 2 is 1.79 bits per heavy atom. The van der Waals surface area contributed by atoms with Crippen molar-refractivity contribution in [2.75, 3.05) is 43.4 Å². The van der Waals surface area contributed by atoms with Crippen LogP contribution in [0.25, 0.3) is 0 Å². The Hall–Kier alpha value is -2.93. The number of anilines is 3. The van der Waals surface area contributed by atoms with E-state index in [2.05, 4.69) is 17.3 Å². The van der Waals surface area contributed by atoms with Crippen LogP contribution in [-0.2, 0) is 6.42 Å². The lowest BCUT2D eigenvalue weighted by Gasteiger charge is -2.32. The predicted octanol–water partition coefficient (Wildman–Crippen LogP) is 2.73. The summed E-state index contributed by atoms with van der Waals surface area (Å²) in [4.78, 5) is 18.8. The number of fused-ring (bicyclic) bond motifs is 1. The van der Waals surface area contributed by atoms with Crippen LogP contribution in [0, 0.1) is 6.67 Å². The summed E-state index contributed by atoms with van der Waals surface area (Å²) in [5.41, 5.74) is 3.65. The van der Waals surface area contributed by atoms with Gasteiger partial charge in [0.1, 0.15) is 18.2 Å². The van der Waals surface area contributed by atoms with E-state index in [0.717, 1.165) is 43.1 Å². The quantitative estimate of drug-likeness (QED) is 0.759. The van der Waals surface area contributed by atoms with Gasteiger partial charge in [0.2, 0.25) is 0 Å². The molecule has 0 bridgehead atoms. The summed E-state index contributed by atoms with van der Waals surface area (Å²) in [5, 5.41) is 23.4. The first kappa shape index (κ1) is 18.4. The summed E-state index contributed by atoms with van der Waals surface area (Å²) in [6.45, 7) is 6.94. The van der Waals surface area contributed by atoms with Crippen molar-refractivity contribution in [1.29, 1.82) is 0 Å². The zero-order valence-corrected chi connectivity index (χ0v) is 16.1. The molecule has 2 aromatic rings. The molecule has 7 heteroatoms. The van der Waals surface area contributed by atoms with Crippen LogP contribution in [0.3, 0.4) is 0 Å². The van der Waals surface area contributed by atoms with Gasteiger partial charge in [-0.25, -0.2) is 0 Å². The Bertz CT molecular complexity index is 907. The number of benzene rings is 2. The van der Waals surface area contributed by atoms with Crippen molar-refractivity contribution in [3.05, 3.63) is 48.1 Å². The van der Waals surface area contributed by atoms with Gasteiger partial charge in [-0.15, -0.1) is 0 Å². The van der Waals surface area contributed by atoms with Gasteiger partial charge < -0.3 is 30.2 Å². The zero-order chi connectivity index (χ0) is 19.8. The smallest absolute Gasteiger partial charge is 0.254 e. The normalized spacial score (nSPS) is 16.8. The monoisotopic (exact) mass is 381 g/mol. The predicted molar refractivity (Wildman–Crippen MR) is 109 cm³/mol. The van der Waals surface area contributed by atoms with Gasteiger partial charge in [0.25, 0.3) is 5.91 Å². The molecule has 1 amide bonds. The minimum absolute atomic E-state index is 0.00168. The minimum atomic E-state index is -0.00168. The molecule has 0 atom stereocenters. The van der Waals surface area contributed by atoms with Crippen LogP contribution >= 0.6 is 0 Å². The van der Waals surface area contributed by atoms with E-state index >= 15 is 0 Å². The second-order valence-electron chi connectivity index (χ2n) is 7.29. The average molecular weight is 381 g/mol. The van der Waals surface area contributed by atoms with Crippen LogP contribution in [0.4, 0.5) is 17.1 Å². The van der Waals surface area contributed by atoms with Gasteiger partial charge >= 0.3 is 0 Å². The molecular formula is C21H25N4O3. The van der Waals surface area contributed by atoms with E-state index in [1.807, 2.05) is 34.9 Å². The van der Waals surface area contributed by atoms with Crippen molar-refractivity contribution in [2.24, 2.45) is 0 Å².